The van der Waals surface area contributed by atoms with E-state index in [0.717, 1.165) is 23.5 Å². The van der Waals surface area contributed by atoms with Crippen molar-refractivity contribution in [1.29, 1.82) is 0 Å². The van der Waals surface area contributed by atoms with Crippen molar-refractivity contribution >= 4 is 10.0 Å². The molecule has 2 rings (SSSR count). The van der Waals surface area contributed by atoms with Crippen LogP contribution >= 0.6 is 0 Å². The first-order chi connectivity index (χ1) is 9.27. The number of hydrogen-bond acceptors (Lipinski definition) is 4. The molecule has 0 saturated carbocycles. The molecule has 112 valence electrons. The minimum Gasteiger partial charge on any atom is -0.490 e. The Morgan fingerprint density at radius 3 is 2.80 bits per heavy atom. The maximum atomic E-state index is 10.8. The van der Waals surface area contributed by atoms with Crippen LogP contribution in [0.25, 0.3) is 0 Å². The second-order valence-electron chi connectivity index (χ2n) is 5.71. The Bertz CT molecular complexity index is 581. The molecule has 1 aliphatic heterocycles. The van der Waals surface area contributed by atoms with E-state index in [9.17, 15) is 8.42 Å². The van der Waals surface area contributed by atoms with Crippen molar-refractivity contribution in [3.8, 4) is 11.5 Å². The number of ether oxygens (including phenoxy) is 2. The summed E-state index contributed by atoms with van der Waals surface area (Å²) in [4.78, 5) is 0. The van der Waals surface area contributed by atoms with Crippen LogP contribution in [0.15, 0.2) is 18.2 Å². The van der Waals surface area contributed by atoms with Gasteiger partial charge in [-0.1, -0.05) is 12.1 Å². The van der Waals surface area contributed by atoms with Crippen LogP contribution in [0.3, 0.4) is 0 Å². The predicted octanol–water partition coefficient (Wildman–Crippen LogP) is 1.85. The van der Waals surface area contributed by atoms with Crippen molar-refractivity contribution in [3.63, 3.8) is 0 Å². The number of primary sulfonamides is 1. The van der Waals surface area contributed by atoms with Crippen LogP contribution in [0.1, 0.15) is 32.3 Å². The van der Waals surface area contributed by atoms with Gasteiger partial charge < -0.3 is 9.47 Å². The topological polar surface area (TPSA) is 78.6 Å². The zero-order valence-electron chi connectivity index (χ0n) is 11.9. The molecule has 20 heavy (non-hydrogen) atoms. The molecule has 0 spiro atoms. The maximum Gasteiger partial charge on any atom is 0.209 e. The van der Waals surface area contributed by atoms with Crippen LogP contribution < -0.4 is 14.6 Å². The summed E-state index contributed by atoms with van der Waals surface area (Å²) in [5, 5.41) is 4.94. The zero-order valence-corrected chi connectivity index (χ0v) is 12.7. The lowest BCUT2D eigenvalue weighted by Gasteiger charge is -2.18. The molecule has 0 saturated heterocycles. The fourth-order valence-corrected chi connectivity index (χ4v) is 2.89. The Labute approximate surface area is 120 Å². The number of hydrogen-bond donors (Lipinski definition) is 1. The third-order valence-electron chi connectivity index (χ3n) is 3.14. The fraction of sp³-hybridized carbons (Fsp3) is 0.571. The lowest BCUT2D eigenvalue weighted by molar-refractivity contribution is 0.132. The molecule has 0 radical (unpaired) electrons. The van der Waals surface area contributed by atoms with Gasteiger partial charge in [0.1, 0.15) is 5.60 Å². The number of para-hydroxylation sites is 1. The van der Waals surface area contributed by atoms with Gasteiger partial charge in [-0.25, -0.2) is 13.6 Å². The smallest absolute Gasteiger partial charge is 0.209 e. The summed E-state index contributed by atoms with van der Waals surface area (Å²) in [5.41, 5.74) is 0.951. The number of rotatable bonds is 6. The van der Waals surface area contributed by atoms with Gasteiger partial charge in [0.05, 0.1) is 12.4 Å². The Kier molecular flexibility index (Phi) is 4.25. The molecular weight excluding hydrogens is 278 g/mol. The lowest BCUT2D eigenvalue weighted by atomic mass is 10.0. The molecule has 0 aliphatic carbocycles. The molecule has 1 heterocycles. The molecule has 0 fully saturated rings. The number of benzene rings is 1. The zero-order chi connectivity index (χ0) is 14.8. The molecule has 1 aromatic rings. The quantitative estimate of drug-likeness (QED) is 0.813. The second kappa shape index (κ2) is 5.61. The molecule has 0 bridgehead atoms. The van der Waals surface area contributed by atoms with Crippen LogP contribution in [0.4, 0.5) is 0 Å². The van der Waals surface area contributed by atoms with E-state index in [0.29, 0.717) is 19.4 Å². The fourth-order valence-electron chi connectivity index (χ4n) is 2.29. The Morgan fingerprint density at radius 2 is 2.10 bits per heavy atom. The minimum atomic E-state index is -3.37. The SMILES string of the molecule is CC1(C)Cc2cccc(OCCCCS(N)(=O)=O)c2O1. The van der Waals surface area contributed by atoms with Crippen LogP contribution in [0, 0.1) is 0 Å². The van der Waals surface area contributed by atoms with Crippen molar-refractivity contribution in [2.24, 2.45) is 5.14 Å². The predicted molar refractivity (Wildman–Crippen MR) is 77.6 cm³/mol. The second-order valence-corrected chi connectivity index (χ2v) is 7.44. The van der Waals surface area contributed by atoms with E-state index in [-0.39, 0.29) is 11.4 Å². The van der Waals surface area contributed by atoms with Crippen molar-refractivity contribution in [3.05, 3.63) is 23.8 Å². The largest absolute Gasteiger partial charge is 0.490 e. The van der Waals surface area contributed by atoms with Crippen LogP contribution in [-0.4, -0.2) is 26.4 Å². The lowest BCUT2D eigenvalue weighted by Crippen LogP contribution is -2.24. The molecule has 0 unspecified atom stereocenters. The normalized spacial score (nSPS) is 16.6. The van der Waals surface area contributed by atoms with Gasteiger partial charge in [-0.2, -0.15) is 0 Å². The number of nitrogens with two attached hydrogens (primary N) is 1. The molecule has 0 amide bonds. The van der Waals surface area contributed by atoms with E-state index in [1.54, 1.807) is 0 Å². The van der Waals surface area contributed by atoms with Gasteiger partial charge in [-0.3, -0.25) is 0 Å². The first kappa shape index (κ1) is 15.1. The summed E-state index contributed by atoms with van der Waals surface area (Å²) in [6.07, 6.45) is 2.01. The first-order valence-electron chi connectivity index (χ1n) is 6.71. The number of sulfonamides is 1. The standard InChI is InChI=1S/C14H21NO4S/c1-14(2)10-11-6-5-7-12(13(11)19-14)18-8-3-4-9-20(15,16)17/h5-7H,3-4,8-10H2,1-2H3,(H2,15,16,17). The molecule has 1 aromatic carbocycles. The summed E-state index contributed by atoms with van der Waals surface area (Å²) in [6, 6.07) is 5.86. The molecule has 0 atom stereocenters. The highest BCUT2D eigenvalue weighted by atomic mass is 32.2. The van der Waals surface area contributed by atoms with Crippen LogP contribution in [0.2, 0.25) is 0 Å². The van der Waals surface area contributed by atoms with E-state index in [1.807, 2.05) is 32.0 Å². The average molecular weight is 299 g/mol. The molecular formula is C14H21NO4S. The Morgan fingerprint density at radius 1 is 1.35 bits per heavy atom. The highest BCUT2D eigenvalue weighted by molar-refractivity contribution is 7.89. The molecule has 1 aliphatic rings. The first-order valence-corrected chi connectivity index (χ1v) is 8.43. The van der Waals surface area contributed by atoms with Gasteiger partial charge in [0.2, 0.25) is 10.0 Å². The summed E-state index contributed by atoms with van der Waals surface area (Å²) >= 11 is 0. The number of fused-ring (bicyclic) bond motifs is 1. The van der Waals surface area contributed by atoms with Crippen molar-refractivity contribution in [1.82, 2.24) is 0 Å². The maximum absolute atomic E-state index is 10.8. The average Bonchev–Trinajstić information content (AvgIpc) is 2.62. The molecule has 6 heteroatoms. The Hall–Kier alpha value is -1.27. The summed E-state index contributed by atoms with van der Waals surface area (Å²) < 4.78 is 33.2. The van der Waals surface area contributed by atoms with Gasteiger partial charge in [0, 0.05) is 12.0 Å². The van der Waals surface area contributed by atoms with Gasteiger partial charge in [-0.05, 0) is 32.8 Å². The van der Waals surface area contributed by atoms with Gasteiger partial charge >= 0.3 is 0 Å². The van der Waals surface area contributed by atoms with Crippen molar-refractivity contribution in [2.75, 3.05) is 12.4 Å². The van der Waals surface area contributed by atoms with E-state index in [1.165, 1.54) is 0 Å². The summed E-state index contributed by atoms with van der Waals surface area (Å²) in [6.45, 7) is 4.54. The van der Waals surface area contributed by atoms with Crippen LogP contribution in [-0.2, 0) is 16.4 Å². The monoisotopic (exact) mass is 299 g/mol. The highest BCUT2D eigenvalue weighted by Crippen LogP contribution is 2.41. The third-order valence-corrected chi connectivity index (χ3v) is 3.99. The molecule has 2 N–H and O–H groups in total. The molecule has 0 aromatic heterocycles. The van der Waals surface area contributed by atoms with Gasteiger partial charge in [0.15, 0.2) is 11.5 Å². The Balaban J connectivity index is 1.88. The van der Waals surface area contributed by atoms with Crippen molar-refractivity contribution in [2.45, 2.75) is 38.7 Å². The van der Waals surface area contributed by atoms with E-state index >= 15 is 0 Å². The van der Waals surface area contributed by atoms with Crippen LogP contribution in [0.5, 0.6) is 11.5 Å². The minimum absolute atomic E-state index is 0.00715. The van der Waals surface area contributed by atoms with Crippen molar-refractivity contribution < 1.29 is 17.9 Å². The van der Waals surface area contributed by atoms with E-state index in [2.05, 4.69) is 0 Å². The summed E-state index contributed by atoms with van der Waals surface area (Å²) in [5.74, 6) is 1.53. The third kappa shape index (κ3) is 4.11. The van der Waals surface area contributed by atoms with Gasteiger partial charge in [0.25, 0.3) is 0 Å². The van der Waals surface area contributed by atoms with E-state index < -0.39 is 10.0 Å². The highest BCUT2D eigenvalue weighted by Gasteiger charge is 2.32. The summed E-state index contributed by atoms with van der Waals surface area (Å²) in [7, 11) is -3.37. The molecule has 5 nitrogen and oxygen atoms in total. The van der Waals surface area contributed by atoms with E-state index in [4.69, 9.17) is 14.6 Å². The van der Waals surface area contributed by atoms with Gasteiger partial charge in [-0.15, -0.1) is 0 Å². The number of unbranched alkanes of at least 4 members (excludes halogenated alkanes) is 1.